The quantitative estimate of drug-likeness (QED) is 0.402. The van der Waals surface area contributed by atoms with Crippen LogP contribution in [0.3, 0.4) is 0 Å². The van der Waals surface area contributed by atoms with Crippen LogP contribution < -0.4 is 4.80 Å². The van der Waals surface area contributed by atoms with Crippen molar-refractivity contribution in [3.63, 3.8) is 0 Å². The SMILES string of the molecule is CCCCC(C)=Nn1c(-c2ccc([N+](=O)[O-])cc2)csc1=NC(C)C. The van der Waals surface area contributed by atoms with Gasteiger partial charge in [0.25, 0.3) is 5.69 Å². The molecule has 0 unspecified atom stereocenters. The van der Waals surface area contributed by atoms with E-state index in [1.165, 1.54) is 23.5 Å². The second-order valence-electron chi connectivity index (χ2n) is 6.18. The Morgan fingerprint density at radius 2 is 2.00 bits per heavy atom. The lowest BCUT2D eigenvalue weighted by Crippen LogP contribution is -2.15. The van der Waals surface area contributed by atoms with Crippen molar-refractivity contribution in [3.05, 3.63) is 44.6 Å². The number of benzene rings is 1. The molecule has 0 saturated carbocycles. The van der Waals surface area contributed by atoms with Gasteiger partial charge < -0.3 is 0 Å². The van der Waals surface area contributed by atoms with Crippen LogP contribution in [-0.2, 0) is 0 Å². The van der Waals surface area contributed by atoms with Gasteiger partial charge in [0, 0.05) is 34.8 Å². The van der Waals surface area contributed by atoms with Gasteiger partial charge in [-0.1, -0.05) is 13.3 Å². The van der Waals surface area contributed by atoms with E-state index < -0.39 is 4.92 Å². The van der Waals surface area contributed by atoms with Gasteiger partial charge in [0.15, 0.2) is 0 Å². The van der Waals surface area contributed by atoms with Gasteiger partial charge >= 0.3 is 0 Å². The number of hydrogen-bond donors (Lipinski definition) is 0. The molecule has 134 valence electrons. The fourth-order valence-electron chi connectivity index (χ4n) is 2.31. The number of unbranched alkanes of at least 4 members (excludes halogenated alkanes) is 1. The first-order chi connectivity index (χ1) is 11.9. The minimum absolute atomic E-state index is 0.0836. The third-order valence-electron chi connectivity index (χ3n) is 3.59. The third-order valence-corrected chi connectivity index (χ3v) is 4.42. The van der Waals surface area contributed by atoms with Crippen molar-refractivity contribution in [1.82, 2.24) is 4.68 Å². The molecule has 0 radical (unpaired) electrons. The fourth-order valence-corrected chi connectivity index (χ4v) is 3.28. The van der Waals surface area contributed by atoms with Crippen molar-refractivity contribution in [1.29, 1.82) is 0 Å². The Balaban J connectivity index is 2.51. The highest BCUT2D eigenvalue weighted by Gasteiger charge is 2.11. The molecule has 2 aromatic rings. The minimum atomic E-state index is -0.391. The van der Waals surface area contributed by atoms with E-state index in [0.29, 0.717) is 0 Å². The molecule has 0 bridgehead atoms. The van der Waals surface area contributed by atoms with E-state index in [1.807, 2.05) is 30.8 Å². The summed E-state index contributed by atoms with van der Waals surface area (Å²) in [6.07, 6.45) is 3.17. The zero-order chi connectivity index (χ0) is 18.4. The van der Waals surface area contributed by atoms with Crippen LogP contribution in [0.1, 0.15) is 47.0 Å². The molecular formula is C18H24N4O2S. The molecule has 6 nitrogen and oxygen atoms in total. The standard InChI is InChI=1S/C18H24N4O2S/c1-5-6-7-14(4)20-21-17(12-25-18(21)19-13(2)3)15-8-10-16(11-9-15)22(23)24/h8-13H,5-7H2,1-4H3. The van der Waals surface area contributed by atoms with Gasteiger partial charge in [-0.3, -0.25) is 15.1 Å². The maximum atomic E-state index is 10.9. The van der Waals surface area contributed by atoms with E-state index in [0.717, 1.165) is 41.0 Å². The molecular weight excluding hydrogens is 336 g/mol. The first kappa shape index (κ1) is 19.1. The summed E-state index contributed by atoms with van der Waals surface area (Å²) in [5.41, 5.74) is 2.92. The molecule has 0 fully saturated rings. The maximum Gasteiger partial charge on any atom is 0.269 e. The number of nitrogens with zero attached hydrogens (tertiary/aromatic N) is 4. The molecule has 0 amide bonds. The zero-order valence-corrected chi connectivity index (χ0v) is 15.9. The number of nitro groups is 1. The summed E-state index contributed by atoms with van der Waals surface area (Å²) in [7, 11) is 0. The molecule has 0 atom stereocenters. The first-order valence-corrected chi connectivity index (χ1v) is 9.34. The molecule has 0 N–H and O–H groups in total. The van der Waals surface area contributed by atoms with Gasteiger partial charge in [-0.15, -0.1) is 11.3 Å². The van der Waals surface area contributed by atoms with Crippen LogP contribution in [0.15, 0.2) is 39.7 Å². The molecule has 0 spiro atoms. The van der Waals surface area contributed by atoms with Crippen LogP contribution in [0.2, 0.25) is 0 Å². The van der Waals surface area contributed by atoms with Crippen LogP contribution in [0.4, 0.5) is 5.69 Å². The Bertz CT molecular complexity index is 816. The van der Waals surface area contributed by atoms with E-state index in [-0.39, 0.29) is 11.7 Å². The predicted octanol–water partition coefficient (Wildman–Crippen LogP) is 4.85. The van der Waals surface area contributed by atoms with E-state index in [4.69, 9.17) is 5.10 Å². The molecule has 2 rings (SSSR count). The van der Waals surface area contributed by atoms with E-state index >= 15 is 0 Å². The smallest absolute Gasteiger partial charge is 0.258 e. The van der Waals surface area contributed by atoms with Crippen LogP contribution in [0.25, 0.3) is 11.3 Å². The second kappa shape index (κ2) is 8.71. The van der Waals surface area contributed by atoms with Crippen LogP contribution in [0.5, 0.6) is 0 Å². The lowest BCUT2D eigenvalue weighted by Gasteiger charge is -2.06. The molecule has 1 aromatic heterocycles. The number of aromatic nitrogens is 1. The number of non-ortho nitro benzene ring substituents is 1. The Kier molecular flexibility index (Phi) is 6.64. The molecule has 0 aliphatic heterocycles. The molecule has 1 heterocycles. The summed E-state index contributed by atoms with van der Waals surface area (Å²) in [6, 6.07) is 6.72. The van der Waals surface area contributed by atoms with Crippen molar-refractivity contribution in [2.45, 2.75) is 53.0 Å². The van der Waals surface area contributed by atoms with Gasteiger partial charge in [-0.05, 0) is 45.7 Å². The van der Waals surface area contributed by atoms with Gasteiger partial charge in [0.2, 0.25) is 4.80 Å². The molecule has 7 heteroatoms. The predicted molar refractivity (Wildman–Crippen MR) is 103 cm³/mol. The van der Waals surface area contributed by atoms with E-state index in [1.54, 1.807) is 12.1 Å². The van der Waals surface area contributed by atoms with Crippen LogP contribution in [-0.4, -0.2) is 21.4 Å². The first-order valence-electron chi connectivity index (χ1n) is 8.46. The van der Waals surface area contributed by atoms with Crippen LogP contribution >= 0.6 is 11.3 Å². The molecule has 25 heavy (non-hydrogen) atoms. The van der Waals surface area contributed by atoms with Crippen LogP contribution in [0, 0.1) is 10.1 Å². The lowest BCUT2D eigenvalue weighted by atomic mass is 10.1. The summed E-state index contributed by atoms with van der Waals surface area (Å²) in [4.78, 5) is 15.9. The van der Waals surface area contributed by atoms with Crippen molar-refractivity contribution < 1.29 is 4.92 Å². The van der Waals surface area contributed by atoms with Gasteiger partial charge in [-0.25, -0.2) is 4.68 Å². The molecule has 0 aliphatic rings. The van der Waals surface area contributed by atoms with Crippen molar-refractivity contribution >= 4 is 22.7 Å². The Morgan fingerprint density at radius 3 is 2.56 bits per heavy atom. The number of thiazole rings is 1. The summed E-state index contributed by atoms with van der Waals surface area (Å²) in [6.45, 7) is 8.25. The average molecular weight is 360 g/mol. The normalized spacial score (nSPS) is 12.8. The summed E-state index contributed by atoms with van der Waals surface area (Å²) in [5.74, 6) is 0. The van der Waals surface area contributed by atoms with Crippen molar-refractivity contribution in [3.8, 4) is 11.3 Å². The summed E-state index contributed by atoms with van der Waals surface area (Å²) in [5, 5.41) is 17.6. The van der Waals surface area contributed by atoms with E-state index in [9.17, 15) is 10.1 Å². The highest BCUT2D eigenvalue weighted by molar-refractivity contribution is 7.07. The Morgan fingerprint density at radius 1 is 1.32 bits per heavy atom. The van der Waals surface area contributed by atoms with Crippen molar-refractivity contribution in [2.24, 2.45) is 10.1 Å². The number of hydrogen-bond acceptors (Lipinski definition) is 5. The largest absolute Gasteiger partial charge is 0.269 e. The minimum Gasteiger partial charge on any atom is -0.258 e. The highest BCUT2D eigenvalue weighted by atomic mass is 32.1. The molecule has 0 saturated heterocycles. The Labute approximate surface area is 151 Å². The summed E-state index contributed by atoms with van der Waals surface area (Å²) >= 11 is 1.53. The molecule has 0 aliphatic carbocycles. The number of rotatable bonds is 7. The van der Waals surface area contributed by atoms with Gasteiger partial charge in [-0.2, -0.15) is 5.10 Å². The zero-order valence-electron chi connectivity index (χ0n) is 15.1. The Hall–Kier alpha value is -2.28. The third kappa shape index (κ3) is 5.09. The lowest BCUT2D eigenvalue weighted by molar-refractivity contribution is -0.384. The fraction of sp³-hybridized carbons (Fsp3) is 0.444. The van der Waals surface area contributed by atoms with Gasteiger partial charge in [0.1, 0.15) is 0 Å². The second-order valence-corrected chi connectivity index (χ2v) is 7.02. The maximum absolute atomic E-state index is 10.9. The highest BCUT2D eigenvalue weighted by Crippen LogP contribution is 2.23. The van der Waals surface area contributed by atoms with Gasteiger partial charge in [0.05, 0.1) is 10.6 Å². The number of nitro benzene ring substituents is 1. The van der Waals surface area contributed by atoms with E-state index in [2.05, 4.69) is 11.9 Å². The summed E-state index contributed by atoms with van der Waals surface area (Å²) < 4.78 is 1.86. The molecule has 1 aromatic carbocycles. The van der Waals surface area contributed by atoms with Crippen molar-refractivity contribution in [2.75, 3.05) is 0 Å². The topological polar surface area (TPSA) is 72.8 Å². The monoisotopic (exact) mass is 360 g/mol. The average Bonchev–Trinajstić information content (AvgIpc) is 2.94.